The fraction of sp³-hybridized carbons (Fsp3) is 0.786. The molecule has 6 nitrogen and oxygen atoms in total. The second kappa shape index (κ2) is 8.55. The summed E-state index contributed by atoms with van der Waals surface area (Å²) in [5, 5.41) is 2.64. The van der Waals surface area contributed by atoms with Crippen molar-refractivity contribution in [3.63, 3.8) is 0 Å². The molecule has 0 spiro atoms. The van der Waals surface area contributed by atoms with Crippen LogP contribution in [0.25, 0.3) is 0 Å². The zero-order chi connectivity index (χ0) is 15.0. The van der Waals surface area contributed by atoms with Crippen LogP contribution in [0.15, 0.2) is 0 Å². The maximum absolute atomic E-state index is 12.1. The van der Waals surface area contributed by atoms with Crippen LogP contribution in [-0.4, -0.2) is 36.6 Å². The molecule has 0 saturated carbocycles. The Labute approximate surface area is 119 Å². The van der Waals surface area contributed by atoms with Gasteiger partial charge in [0.2, 0.25) is 0 Å². The molecular weight excluding hydrogens is 262 g/mol. The third-order valence-corrected chi connectivity index (χ3v) is 3.20. The van der Waals surface area contributed by atoms with Crippen molar-refractivity contribution < 1.29 is 23.9 Å². The van der Waals surface area contributed by atoms with E-state index in [9.17, 15) is 14.4 Å². The molecule has 0 aliphatic carbocycles. The molecule has 0 aromatic rings. The van der Waals surface area contributed by atoms with Crippen LogP contribution in [0.1, 0.15) is 52.4 Å². The highest BCUT2D eigenvalue weighted by atomic mass is 16.5. The molecule has 0 radical (unpaired) electrons. The molecule has 1 rings (SSSR count). The number of esters is 2. The van der Waals surface area contributed by atoms with E-state index in [4.69, 9.17) is 9.47 Å². The van der Waals surface area contributed by atoms with Gasteiger partial charge in [-0.15, -0.1) is 0 Å². The lowest BCUT2D eigenvalue weighted by molar-refractivity contribution is -0.156. The van der Waals surface area contributed by atoms with E-state index in [0.29, 0.717) is 12.8 Å². The molecule has 1 saturated heterocycles. The van der Waals surface area contributed by atoms with Gasteiger partial charge in [-0.1, -0.05) is 19.3 Å². The SMILES string of the molecule is CCOC(=O)[C@@H]1CCCCCC[C@H](OC(C)=O)C(=O)N1. The summed E-state index contributed by atoms with van der Waals surface area (Å²) >= 11 is 0. The lowest BCUT2D eigenvalue weighted by atomic mass is 10.0. The Balaban J connectivity index is 2.71. The average molecular weight is 285 g/mol. The van der Waals surface area contributed by atoms with Crippen LogP contribution in [0, 0.1) is 0 Å². The van der Waals surface area contributed by atoms with Gasteiger partial charge in [-0.05, 0) is 26.2 Å². The number of hydrogen-bond donors (Lipinski definition) is 1. The van der Waals surface area contributed by atoms with Crippen LogP contribution in [0.2, 0.25) is 0 Å². The Kier molecular flexibility index (Phi) is 7.04. The Morgan fingerprint density at radius 1 is 1.20 bits per heavy atom. The molecule has 1 aliphatic rings. The highest BCUT2D eigenvalue weighted by Gasteiger charge is 2.28. The van der Waals surface area contributed by atoms with Crippen molar-refractivity contribution in [3.05, 3.63) is 0 Å². The van der Waals surface area contributed by atoms with E-state index in [1.165, 1.54) is 6.92 Å². The molecule has 0 unspecified atom stereocenters. The standard InChI is InChI=1S/C14H23NO5/c1-3-19-14(18)11-8-6-4-5-7-9-12(13(17)15-11)20-10(2)16/h11-12H,3-9H2,1-2H3,(H,15,17)/t11-,12-/m0/s1. The van der Waals surface area contributed by atoms with Gasteiger partial charge in [0.25, 0.3) is 5.91 Å². The van der Waals surface area contributed by atoms with Crippen molar-refractivity contribution >= 4 is 17.8 Å². The summed E-state index contributed by atoms with van der Waals surface area (Å²) in [6.45, 7) is 3.27. The number of rotatable bonds is 3. The van der Waals surface area contributed by atoms with Crippen LogP contribution >= 0.6 is 0 Å². The molecule has 2 atom stereocenters. The van der Waals surface area contributed by atoms with Crippen molar-refractivity contribution in [3.8, 4) is 0 Å². The maximum atomic E-state index is 12.1. The van der Waals surface area contributed by atoms with Crippen molar-refractivity contribution in [2.45, 2.75) is 64.5 Å². The number of carbonyl (C=O) groups is 3. The van der Waals surface area contributed by atoms with Gasteiger partial charge in [-0.25, -0.2) is 4.79 Å². The van der Waals surface area contributed by atoms with E-state index >= 15 is 0 Å². The third-order valence-electron chi connectivity index (χ3n) is 3.20. The lowest BCUT2D eigenvalue weighted by Gasteiger charge is -2.23. The van der Waals surface area contributed by atoms with E-state index in [1.807, 2.05) is 0 Å². The van der Waals surface area contributed by atoms with Crippen LogP contribution < -0.4 is 5.32 Å². The van der Waals surface area contributed by atoms with E-state index in [0.717, 1.165) is 25.7 Å². The van der Waals surface area contributed by atoms with Gasteiger partial charge in [-0.3, -0.25) is 9.59 Å². The number of carbonyl (C=O) groups excluding carboxylic acids is 3. The van der Waals surface area contributed by atoms with E-state index in [2.05, 4.69) is 5.32 Å². The summed E-state index contributed by atoms with van der Waals surface area (Å²) in [5.41, 5.74) is 0. The Hall–Kier alpha value is -1.59. The molecule has 20 heavy (non-hydrogen) atoms. The second-order valence-corrected chi connectivity index (χ2v) is 4.90. The molecule has 1 aliphatic heterocycles. The van der Waals surface area contributed by atoms with Gasteiger partial charge in [0.05, 0.1) is 6.61 Å². The van der Waals surface area contributed by atoms with E-state index < -0.39 is 30.0 Å². The normalized spacial score (nSPS) is 24.4. The monoisotopic (exact) mass is 285 g/mol. The average Bonchev–Trinajstić information content (AvgIpc) is 2.39. The maximum Gasteiger partial charge on any atom is 0.328 e. The Morgan fingerprint density at radius 3 is 2.45 bits per heavy atom. The molecule has 1 N–H and O–H groups in total. The van der Waals surface area contributed by atoms with Crippen molar-refractivity contribution in [1.82, 2.24) is 5.32 Å². The first-order valence-electron chi connectivity index (χ1n) is 7.18. The quantitative estimate of drug-likeness (QED) is 0.791. The summed E-state index contributed by atoms with van der Waals surface area (Å²) in [5.74, 6) is -1.34. The molecular formula is C14H23NO5. The molecule has 0 aromatic carbocycles. The Morgan fingerprint density at radius 2 is 1.85 bits per heavy atom. The largest absolute Gasteiger partial charge is 0.464 e. The number of nitrogens with one attached hydrogen (secondary N) is 1. The predicted octanol–water partition coefficient (Wildman–Crippen LogP) is 1.32. The summed E-state index contributed by atoms with van der Waals surface area (Å²) < 4.78 is 9.97. The minimum absolute atomic E-state index is 0.276. The highest BCUT2D eigenvalue weighted by Crippen LogP contribution is 2.14. The van der Waals surface area contributed by atoms with Gasteiger partial charge in [0.15, 0.2) is 6.10 Å². The number of hydrogen-bond acceptors (Lipinski definition) is 5. The smallest absolute Gasteiger partial charge is 0.328 e. The van der Waals surface area contributed by atoms with Crippen molar-refractivity contribution in [2.75, 3.05) is 6.61 Å². The fourth-order valence-electron chi connectivity index (χ4n) is 2.23. The van der Waals surface area contributed by atoms with E-state index in [-0.39, 0.29) is 6.61 Å². The second-order valence-electron chi connectivity index (χ2n) is 4.90. The summed E-state index contributed by atoms with van der Waals surface area (Å²) in [6.07, 6.45) is 3.86. The minimum Gasteiger partial charge on any atom is -0.464 e. The van der Waals surface area contributed by atoms with E-state index in [1.54, 1.807) is 6.92 Å². The van der Waals surface area contributed by atoms with Crippen LogP contribution in [-0.2, 0) is 23.9 Å². The minimum atomic E-state index is -0.817. The first kappa shape index (κ1) is 16.5. The van der Waals surface area contributed by atoms with Gasteiger partial charge in [0, 0.05) is 6.92 Å². The molecule has 1 heterocycles. The van der Waals surface area contributed by atoms with Crippen LogP contribution in [0.3, 0.4) is 0 Å². The first-order chi connectivity index (χ1) is 9.54. The third kappa shape index (κ3) is 5.59. The molecule has 114 valence electrons. The highest BCUT2D eigenvalue weighted by molar-refractivity contribution is 5.88. The molecule has 1 fully saturated rings. The van der Waals surface area contributed by atoms with Crippen molar-refractivity contribution in [1.29, 1.82) is 0 Å². The zero-order valence-corrected chi connectivity index (χ0v) is 12.1. The van der Waals surface area contributed by atoms with Gasteiger partial charge < -0.3 is 14.8 Å². The first-order valence-corrected chi connectivity index (χ1v) is 7.18. The Bertz CT molecular complexity index is 355. The van der Waals surface area contributed by atoms with Crippen LogP contribution in [0.5, 0.6) is 0 Å². The van der Waals surface area contributed by atoms with Gasteiger partial charge in [-0.2, -0.15) is 0 Å². The van der Waals surface area contributed by atoms with Crippen LogP contribution in [0.4, 0.5) is 0 Å². The predicted molar refractivity (Wildman–Crippen MR) is 71.8 cm³/mol. The summed E-state index contributed by atoms with van der Waals surface area (Å²) in [7, 11) is 0. The van der Waals surface area contributed by atoms with Gasteiger partial charge >= 0.3 is 11.9 Å². The molecule has 0 aromatic heterocycles. The summed E-state index contributed by atoms with van der Waals surface area (Å²) in [6, 6.07) is -0.654. The van der Waals surface area contributed by atoms with Gasteiger partial charge in [0.1, 0.15) is 6.04 Å². The van der Waals surface area contributed by atoms with Crippen molar-refractivity contribution in [2.24, 2.45) is 0 Å². The molecule has 1 amide bonds. The molecule has 6 heteroatoms. The fourth-order valence-corrected chi connectivity index (χ4v) is 2.23. The molecule has 0 bridgehead atoms. The number of amides is 1. The lowest BCUT2D eigenvalue weighted by Crippen LogP contribution is -2.47. The topological polar surface area (TPSA) is 81.7 Å². The number of ether oxygens (including phenoxy) is 2. The zero-order valence-electron chi connectivity index (χ0n) is 12.1. The summed E-state index contributed by atoms with van der Waals surface area (Å²) in [4.78, 5) is 34.9.